The SMILES string of the molecule is CC(C)(C)[C@H]1CCN1C(C)(C)C. The highest BCUT2D eigenvalue weighted by Gasteiger charge is 2.42. The predicted octanol–water partition coefficient (Wildman–Crippen LogP) is 2.91. The summed E-state index contributed by atoms with van der Waals surface area (Å²) in [5.74, 6) is 0. The zero-order chi connectivity index (χ0) is 9.57. The standard InChI is InChI=1S/C11H23N/c1-10(2,3)9-7-8-12(9)11(4,5)6/h9H,7-8H2,1-6H3/t9-/m1/s1. The second kappa shape index (κ2) is 2.73. The molecular formula is C11H23N. The van der Waals surface area contributed by atoms with Crippen molar-refractivity contribution in [3.8, 4) is 0 Å². The molecule has 0 unspecified atom stereocenters. The van der Waals surface area contributed by atoms with Crippen LogP contribution >= 0.6 is 0 Å². The summed E-state index contributed by atoms with van der Waals surface area (Å²) in [4.78, 5) is 2.62. The topological polar surface area (TPSA) is 3.24 Å². The Morgan fingerprint density at radius 1 is 1.00 bits per heavy atom. The molecule has 0 spiro atoms. The van der Waals surface area contributed by atoms with Gasteiger partial charge in [-0.05, 0) is 32.6 Å². The molecule has 0 aromatic rings. The van der Waals surface area contributed by atoms with Crippen LogP contribution in [0.4, 0.5) is 0 Å². The van der Waals surface area contributed by atoms with Crippen LogP contribution in [-0.4, -0.2) is 23.0 Å². The Balaban J connectivity index is 2.62. The molecule has 0 aromatic heterocycles. The third-order valence-electron chi connectivity index (χ3n) is 2.88. The molecular weight excluding hydrogens is 146 g/mol. The summed E-state index contributed by atoms with van der Waals surface area (Å²) in [7, 11) is 0. The Kier molecular flexibility index (Phi) is 2.28. The maximum atomic E-state index is 2.62. The molecule has 1 saturated heterocycles. The van der Waals surface area contributed by atoms with Gasteiger partial charge in [-0.3, -0.25) is 4.90 Å². The van der Waals surface area contributed by atoms with E-state index in [4.69, 9.17) is 0 Å². The first-order chi connectivity index (χ1) is 5.23. The lowest BCUT2D eigenvalue weighted by Crippen LogP contribution is -2.61. The van der Waals surface area contributed by atoms with Crippen LogP contribution in [0.25, 0.3) is 0 Å². The van der Waals surface area contributed by atoms with E-state index in [9.17, 15) is 0 Å². The highest BCUT2D eigenvalue weighted by molar-refractivity contribution is 4.96. The maximum Gasteiger partial charge on any atom is 0.0161 e. The van der Waals surface area contributed by atoms with Crippen LogP contribution in [0, 0.1) is 5.41 Å². The molecule has 1 heterocycles. The van der Waals surface area contributed by atoms with Gasteiger partial charge in [0.25, 0.3) is 0 Å². The summed E-state index contributed by atoms with van der Waals surface area (Å²) in [5.41, 5.74) is 0.807. The van der Waals surface area contributed by atoms with Crippen LogP contribution in [-0.2, 0) is 0 Å². The molecule has 1 nitrogen and oxygen atoms in total. The van der Waals surface area contributed by atoms with Crippen LogP contribution in [0.1, 0.15) is 48.0 Å². The van der Waals surface area contributed by atoms with Crippen molar-refractivity contribution in [2.24, 2.45) is 5.41 Å². The minimum Gasteiger partial charge on any atom is -0.295 e. The second-order valence-electron chi connectivity index (χ2n) is 6.03. The minimum atomic E-state index is 0.357. The van der Waals surface area contributed by atoms with Crippen LogP contribution in [0.2, 0.25) is 0 Å². The first-order valence-corrected chi connectivity index (χ1v) is 4.99. The summed E-state index contributed by atoms with van der Waals surface area (Å²) in [5, 5.41) is 0. The Bertz CT molecular complexity index is 139. The van der Waals surface area contributed by atoms with Crippen molar-refractivity contribution < 1.29 is 0 Å². The number of hydrogen-bond acceptors (Lipinski definition) is 1. The molecule has 1 fully saturated rings. The Morgan fingerprint density at radius 2 is 1.50 bits per heavy atom. The quantitative estimate of drug-likeness (QED) is 0.539. The van der Waals surface area contributed by atoms with Crippen molar-refractivity contribution in [1.29, 1.82) is 0 Å². The molecule has 1 atom stereocenters. The number of likely N-dealkylation sites (tertiary alicyclic amines) is 1. The van der Waals surface area contributed by atoms with E-state index in [1.54, 1.807) is 0 Å². The lowest BCUT2D eigenvalue weighted by molar-refractivity contribution is -0.0530. The van der Waals surface area contributed by atoms with Gasteiger partial charge in [0.2, 0.25) is 0 Å². The van der Waals surface area contributed by atoms with Gasteiger partial charge in [-0.1, -0.05) is 20.8 Å². The molecule has 1 aliphatic rings. The van der Waals surface area contributed by atoms with E-state index in [0.717, 1.165) is 6.04 Å². The molecule has 12 heavy (non-hydrogen) atoms. The third kappa shape index (κ3) is 1.82. The molecule has 0 amide bonds. The lowest BCUT2D eigenvalue weighted by Gasteiger charge is -2.55. The third-order valence-corrected chi connectivity index (χ3v) is 2.88. The van der Waals surface area contributed by atoms with E-state index in [1.807, 2.05) is 0 Å². The first kappa shape index (κ1) is 10.0. The molecule has 0 radical (unpaired) electrons. The highest BCUT2D eigenvalue weighted by Crippen LogP contribution is 2.38. The van der Waals surface area contributed by atoms with E-state index in [1.165, 1.54) is 13.0 Å². The average Bonchev–Trinajstić information content (AvgIpc) is 1.46. The Morgan fingerprint density at radius 3 is 1.58 bits per heavy atom. The molecule has 1 rings (SSSR count). The van der Waals surface area contributed by atoms with Crippen LogP contribution < -0.4 is 0 Å². The maximum absolute atomic E-state index is 2.62. The van der Waals surface area contributed by atoms with E-state index in [0.29, 0.717) is 11.0 Å². The van der Waals surface area contributed by atoms with Gasteiger partial charge < -0.3 is 0 Å². The zero-order valence-corrected chi connectivity index (χ0v) is 9.44. The molecule has 0 aliphatic carbocycles. The fraction of sp³-hybridized carbons (Fsp3) is 1.00. The van der Waals surface area contributed by atoms with Crippen molar-refractivity contribution in [2.75, 3.05) is 6.54 Å². The summed E-state index contributed by atoms with van der Waals surface area (Å²) < 4.78 is 0. The Hall–Kier alpha value is -0.0400. The molecule has 0 N–H and O–H groups in total. The van der Waals surface area contributed by atoms with Gasteiger partial charge in [0.05, 0.1) is 0 Å². The number of rotatable bonds is 0. The second-order valence-corrected chi connectivity index (χ2v) is 6.03. The van der Waals surface area contributed by atoms with Crippen LogP contribution in [0.3, 0.4) is 0 Å². The molecule has 1 aliphatic heterocycles. The zero-order valence-electron chi connectivity index (χ0n) is 9.44. The largest absolute Gasteiger partial charge is 0.295 e. The lowest BCUT2D eigenvalue weighted by atomic mass is 9.76. The molecule has 1 heteroatoms. The van der Waals surface area contributed by atoms with Crippen LogP contribution in [0.5, 0.6) is 0 Å². The van der Waals surface area contributed by atoms with Gasteiger partial charge in [-0.25, -0.2) is 0 Å². The van der Waals surface area contributed by atoms with Gasteiger partial charge in [0.1, 0.15) is 0 Å². The average molecular weight is 169 g/mol. The van der Waals surface area contributed by atoms with E-state index in [-0.39, 0.29) is 0 Å². The smallest absolute Gasteiger partial charge is 0.0161 e. The first-order valence-electron chi connectivity index (χ1n) is 4.99. The van der Waals surface area contributed by atoms with Gasteiger partial charge in [0.15, 0.2) is 0 Å². The normalized spacial score (nSPS) is 27.0. The van der Waals surface area contributed by atoms with Gasteiger partial charge in [-0.2, -0.15) is 0 Å². The van der Waals surface area contributed by atoms with Crippen molar-refractivity contribution in [3.63, 3.8) is 0 Å². The highest BCUT2D eigenvalue weighted by atomic mass is 15.3. The van der Waals surface area contributed by atoms with Gasteiger partial charge >= 0.3 is 0 Å². The summed E-state index contributed by atoms with van der Waals surface area (Å²) in [6, 6.07) is 0.789. The Labute approximate surface area is 77.1 Å². The molecule has 0 saturated carbocycles. The summed E-state index contributed by atoms with van der Waals surface area (Å²) >= 11 is 0. The van der Waals surface area contributed by atoms with Crippen LogP contribution in [0.15, 0.2) is 0 Å². The van der Waals surface area contributed by atoms with Crippen molar-refractivity contribution in [3.05, 3.63) is 0 Å². The van der Waals surface area contributed by atoms with E-state index in [2.05, 4.69) is 46.4 Å². The van der Waals surface area contributed by atoms with Crippen molar-refractivity contribution in [1.82, 2.24) is 4.90 Å². The van der Waals surface area contributed by atoms with E-state index < -0.39 is 0 Å². The van der Waals surface area contributed by atoms with Gasteiger partial charge in [0, 0.05) is 18.1 Å². The molecule has 0 aromatic carbocycles. The predicted molar refractivity (Wildman–Crippen MR) is 54.3 cm³/mol. The monoisotopic (exact) mass is 169 g/mol. The molecule has 0 bridgehead atoms. The van der Waals surface area contributed by atoms with Crippen molar-refractivity contribution in [2.45, 2.75) is 59.5 Å². The minimum absolute atomic E-state index is 0.357. The number of hydrogen-bond donors (Lipinski definition) is 0. The fourth-order valence-corrected chi connectivity index (χ4v) is 2.09. The fourth-order valence-electron chi connectivity index (χ4n) is 2.09. The number of nitrogens with zero attached hydrogens (tertiary/aromatic N) is 1. The summed E-state index contributed by atoms with van der Waals surface area (Å²) in [6.07, 6.45) is 1.38. The summed E-state index contributed by atoms with van der Waals surface area (Å²) in [6.45, 7) is 15.2. The van der Waals surface area contributed by atoms with Gasteiger partial charge in [-0.15, -0.1) is 0 Å². The van der Waals surface area contributed by atoms with Crippen molar-refractivity contribution >= 4 is 0 Å². The molecule has 72 valence electrons. The van der Waals surface area contributed by atoms with E-state index >= 15 is 0 Å².